The van der Waals surface area contributed by atoms with Gasteiger partial charge in [-0.1, -0.05) is 6.07 Å². The first-order valence-corrected chi connectivity index (χ1v) is 6.11. The summed E-state index contributed by atoms with van der Waals surface area (Å²) in [6, 6.07) is 6.38. The Morgan fingerprint density at radius 3 is 2.56 bits per heavy atom. The molecule has 0 fully saturated rings. The molecule has 0 radical (unpaired) electrons. The summed E-state index contributed by atoms with van der Waals surface area (Å²) in [4.78, 5) is 18.9. The lowest BCUT2D eigenvalue weighted by Gasteiger charge is -2.26. The van der Waals surface area contributed by atoms with Crippen LogP contribution in [0.3, 0.4) is 0 Å². The van der Waals surface area contributed by atoms with Crippen molar-refractivity contribution in [1.29, 1.82) is 0 Å². The van der Waals surface area contributed by atoms with Crippen LogP contribution in [0.2, 0.25) is 0 Å². The van der Waals surface area contributed by atoms with E-state index in [2.05, 4.69) is 14.9 Å². The topological polar surface area (TPSA) is 77.9 Å². The van der Waals surface area contributed by atoms with Gasteiger partial charge in [0, 0.05) is 12.1 Å². The molecule has 0 saturated heterocycles. The van der Waals surface area contributed by atoms with Crippen molar-refractivity contribution in [3.8, 4) is 0 Å². The Morgan fingerprint density at radius 1 is 1.28 bits per heavy atom. The highest BCUT2D eigenvalue weighted by Crippen LogP contribution is 2.25. The number of aromatic nitrogens is 2. The second-order valence-corrected chi connectivity index (χ2v) is 5.08. The predicted octanol–water partition coefficient (Wildman–Crippen LogP) is 1.20. The molecule has 0 spiro atoms. The Hall–Kier alpha value is -1.59. The standard InChI is InChI=1S/C13H20N4O/c1-8(14)6-12(17(2)3)9-4-5-10-11(7-9)16-13(18)15-10/h4-5,7-8,12H,6,14H2,1-3H3,(H2,15,16,18). The van der Waals surface area contributed by atoms with E-state index in [1.165, 1.54) is 5.56 Å². The Balaban J connectivity index is 2.40. The van der Waals surface area contributed by atoms with Crippen molar-refractivity contribution >= 4 is 11.0 Å². The van der Waals surface area contributed by atoms with Gasteiger partial charge >= 0.3 is 5.69 Å². The van der Waals surface area contributed by atoms with E-state index in [9.17, 15) is 4.79 Å². The summed E-state index contributed by atoms with van der Waals surface area (Å²) >= 11 is 0. The fraction of sp³-hybridized carbons (Fsp3) is 0.462. The summed E-state index contributed by atoms with van der Waals surface area (Å²) in [7, 11) is 4.08. The highest BCUT2D eigenvalue weighted by molar-refractivity contribution is 5.75. The molecule has 2 rings (SSSR count). The summed E-state index contributed by atoms with van der Waals surface area (Å²) in [5.41, 5.74) is 8.57. The summed E-state index contributed by atoms with van der Waals surface area (Å²) in [6.07, 6.45) is 0.882. The highest BCUT2D eigenvalue weighted by Gasteiger charge is 2.16. The molecule has 1 aromatic heterocycles. The summed E-state index contributed by atoms with van der Waals surface area (Å²) < 4.78 is 0. The molecule has 2 atom stereocenters. The Labute approximate surface area is 106 Å². The molecular weight excluding hydrogens is 228 g/mol. The molecule has 0 amide bonds. The molecular formula is C13H20N4O. The number of aromatic amines is 2. The maximum absolute atomic E-state index is 11.2. The van der Waals surface area contributed by atoms with E-state index >= 15 is 0 Å². The van der Waals surface area contributed by atoms with Gasteiger partial charge in [0.25, 0.3) is 0 Å². The van der Waals surface area contributed by atoms with Gasteiger partial charge in [-0.15, -0.1) is 0 Å². The third-order valence-electron chi connectivity index (χ3n) is 3.14. The number of nitrogens with two attached hydrogens (primary N) is 1. The molecule has 1 aromatic carbocycles. The fourth-order valence-corrected chi connectivity index (χ4v) is 2.25. The third kappa shape index (κ3) is 2.63. The van der Waals surface area contributed by atoms with Crippen molar-refractivity contribution in [2.45, 2.75) is 25.4 Å². The van der Waals surface area contributed by atoms with Crippen LogP contribution in [0.4, 0.5) is 0 Å². The maximum Gasteiger partial charge on any atom is 0.323 e. The minimum atomic E-state index is -0.171. The maximum atomic E-state index is 11.2. The van der Waals surface area contributed by atoms with E-state index in [1.807, 2.05) is 39.2 Å². The number of H-pyrrole nitrogens is 2. The quantitative estimate of drug-likeness (QED) is 0.760. The van der Waals surface area contributed by atoms with Crippen LogP contribution in [0, 0.1) is 0 Å². The van der Waals surface area contributed by atoms with E-state index in [-0.39, 0.29) is 17.8 Å². The predicted molar refractivity (Wildman–Crippen MR) is 73.6 cm³/mol. The van der Waals surface area contributed by atoms with Gasteiger partial charge in [0.2, 0.25) is 0 Å². The van der Waals surface area contributed by atoms with E-state index in [4.69, 9.17) is 5.73 Å². The largest absolute Gasteiger partial charge is 0.328 e. The molecule has 0 aliphatic heterocycles. The Bertz CT molecular complexity index is 582. The number of benzene rings is 1. The number of hydrogen-bond acceptors (Lipinski definition) is 3. The number of nitrogens with one attached hydrogen (secondary N) is 2. The van der Waals surface area contributed by atoms with Gasteiger partial charge in [0.05, 0.1) is 11.0 Å². The van der Waals surface area contributed by atoms with E-state index in [0.29, 0.717) is 0 Å². The van der Waals surface area contributed by atoms with Crippen molar-refractivity contribution in [3.63, 3.8) is 0 Å². The second kappa shape index (κ2) is 4.96. The number of hydrogen-bond donors (Lipinski definition) is 3. The Kier molecular flexibility index (Phi) is 3.54. The number of fused-ring (bicyclic) bond motifs is 1. The number of nitrogens with zero attached hydrogens (tertiary/aromatic N) is 1. The molecule has 2 aromatic rings. The van der Waals surface area contributed by atoms with Gasteiger partial charge in [-0.3, -0.25) is 0 Å². The normalized spacial score (nSPS) is 15.2. The average molecular weight is 248 g/mol. The van der Waals surface area contributed by atoms with Crippen LogP contribution in [-0.2, 0) is 0 Å². The van der Waals surface area contributed by atoms with Crippen LogP contribution in [0.25, 0.3) is 11.0 Å². The van der Waals surface area contributed by atoms with Crippen LogP contribution < -0.4 is 11.4 Å². The zero-order valence-corrected chi connectivity index (χ0v) is 11.0. The average Bonchev–Trinajstić information content (AvgIpc) is 2.64. The fourth-order valence-electron chi connectivity index (χ4n) is 2.25. The minimum Gasteiger partial charge on any atom is -0.328 e. The van der Waals surface area contributed by atoms with Crippen LogP contribution in [0.5, 0.6) is 0 Å². The van der Waals surface area contributed by atoms with Crippen molar-refractivity contribution < 1.29 is 0 Å². The van der Waals surface area contributed by atoms with Crippen molar-refractivity contribution in [1.82, 2.24) is 14.9 Å². The monoisotopic (exact) mass is 248 g/mol. The molecule has 5 nitrogen and oxygen atoms in total. The zero-order chi connectivity index (χ0) is 13.3. The summed E-state index contributed by atoms with van der Waals surface area (Å²) in [5, 5.41) is 0. The molecule has 0 aliphatic carbocycles. The first-order chi connectivity index (χ1) is 8.47. The molecule has 5 heteroatoms. The summed E-state index contributed by atoms with van der Waals surface area (Å²) in [6.45, 7) is 2.01. The van der Waals surface area contributed by atoms with Gasteiger partial charge in [-0.25, -0.2) is 4.79 Å². The molecule has 98 valence electrons. The van der Waals surface area contributed by atoms with Crippen LogP contribution >= 0.6 is 0 Å². The highest BCUT2D eigenvalue weighted by atomic mass is 16.1. The van der Waals surface area contributed by atoms with Crippen molar-refractivity contribution in [2.24, 2.45) is 5.73 Å². The Morgan fingerprint density at radius 2 is 1.94 bits per heavy atom. The zero-order valence-electron chi connectivity index (χ0n) is 11.0. The molecule has 18 heavy (non-hydrogen) atoms. The van der Waals surface area contributed by atoms with Gasteiger partial charge in [0.15, 0.2) is 0 Å². The molecule has 2 unspecified atom stereocenters. The molecule has 0 saturated carbocycles. The van der Waals surface area contributed by atoms with Gasteiger partial charge in [-0.2, -0.15) is 0 Å². The SMILES string of the molecule is CC(N)CC(c1ccc2[nH]c(=O)[nH]c2c1)N(C)C. The lowest BCUT2D eigenvalue weighted by molar-refractivity contribution is 0.272. The second-order valence-electron chi connectivity index (χ2n) is 5.08. The molecule has 0 bridgehead atoms. The minimum absolute atomic E-state index is 0.137. The first kappa shape index (κ1) is 12.9. The van der Waals surface area contributed by atoms with Gasteiger partial charge in [0.1, 0.15) is 0 Å². The summed E-state index contributed by atoms with van der Waals surface area (Å²) in [5.74, 6) is 0. The number of rotatable bonds is 4. The first-order valence-electron chi connectivity index (χ1n) is 6.11. The van der Waals surface area contributed by atoms with Crippen molar-refractivity contribution in [2.75, 3.05) is 14.1 Å². The number of imidazole rings is 1. The molecule has 4 N–H and O–H groups in total. The third-order valence-corrected chi connectivity index (χ3v) is 3.14. The molecule has 0 aliphatic rings. The molecule has 1 heterocycles. The van der Waals surface area contributed by atoms with E-state index in [1.54, 1.807) is 0 Å². The van der Waals surface area contributed by atoms with Crippen LogP contribution in [-0.4, -0.2) is 35.0 Å². The van der Waals surface area contributed by atoms with Crippen LogP contribution in [0.15, 0.2) is 23.0 Å². The smallest absolute Gasteiger partial charge is 0.323 e. The van der Waals surface area contributed by atoms with Crippen LogP contribution in [0.1, 0.15) is 24.9 Å². The van der Waals surface area contributed by atoms with E-state index < -0.39 is 0 Å². The van der Waals surface area contributed by atoms with Gasteiger partial charge < -0.3 is 20.6 Å². The van der Waals surface area contributed by atoms with E-state index in [0.717, 1.165) is 17.5 Å². The van der Waals surface area contributed by atoms with Gasteiger partial charge in [-0.05, 0) is 45.1 Å². The van der Waals surface area contributed by atoms with Crippen molar-refractivity contribution in [3.05, 3.63) is 34.2 Å². The lowest BCUT2D eigenvalue weighted by atomic mass is 9.99. The lowest BCUT2D eigenvalue weighted by Crippen LogP contribution is -2.27.